The van der Waals surface area contributed by atoms with Crippen LogP contribution in [0.15, 0.2) is 68.4 Å². The van der Waals surface area contributed by atoms with Gasteiger partial charge in [-0.15, -0.1) is 0 Å². The Labute approximate surface area is 229 Å². The van der Waals surface area contributed by atoms with Gasteiger partial charge in [0.1, 0.15) is 11.4 Å². The number of nitrogens with zero attached hydrogens (tertiary/aromatic N) is 2. The van der Waals surface area contributed by atoms with E-state index < -0.39 is 11.9 Å². The first kappa shape index (κ1) is 26.0. The lowest BCUT2D eigenvalue weighted by Gasteiger charge is -2.25. The zero-order valence-electron chi connectivity index (χ0n) is 21.6. The number of aromatic nitrogens is 1. The lowest BCUT2D eigenvalue weighted by atomic mass is 9.98. The number of rotatable bonds is 9. The van der Waals surface area contributed by atoms with E-state index >= 15 is 0 Å². The highest BCUT2D eigenvalue weighted by molar-refractivity contribution is 9.10. The van der Waals surface area contributed by atoms with Gasteiger partial charge in [-0.05, 0) is 67.8 Å². The van der Waals surface area contributed by atoms with Crippen molar-refractivity contribution >= 4 is 38.6 Å². The van der Waals surface area contributed by atoms with E-state index in [1.807, 2.05) is 38.1 Å². The monoisotopic (exact) mass is 576 g/mol. The molecule has 0 saturated heterocycles. The minimum Gasteiger partial charge on any atom is -0.490 e. The summed E-state index contributed by atoms with van der Waals surface area (Å²) in [5, 5.41) is 0.399. The standard InChI is InChI=1S/C30H29BrN2O5/c1-4-6-7-14-37-23-11-9-19(15-24(23)36-5-2)27-26-28(34)21-16-20(31)10-12-22(21)38-29(26)30(35)33(27)25-13-8-18(3)17-32-25/h8-13,15-17,27H,4-7,14H2,1-3H3. The maximum Gasteiger partial charge on any atom is 0.296 e. The normalized spacial score (nSPS) is 14.7. The second kappa shape index (κ2) is 11.0. The molecule has 2 aromatic heterocycles. The van der Waals surface area contributed by atoms with E-state index in [0.29, 0.717) is 47.1 Å². The minimum atomic E-state index is -0.749. The number of carbonyl (C=O) groups is 1. The van der Waals surface area contributed by atoms with Crippen LogP contribution in [0.25, 0.3) is 11.0 Å². The van der Waals surface area contributed by atoms with Crippen molar-refractivity contribution in [2.75, 3.05) is 18.1 Å². The van der Waals surface area contributed by atoms with Crippen molar-refractivity contribution in [3.05, 3.63) is 91.9 Å². The van der Waals surface area contributed by atoms with E-state index in [2.05, 4.69) is 27.8 Å². The molecule has 1 amide bonds. The molecule has 8 heteroatoms. The van der Waals surface area contributed by atoms with Crippen LogP contribution in [0.4, 0.5) is 5.82 Å². The number of benzene rings is 2. The number of unbranched alkanes of at least 4 members (excludes halogenated alkanes) is 2. The number of pyridine rings is 1. The molecule has 38 heavy (non-hydrogen) atoms. The van der Waals surface area contributed by atoms with E-state index in [1.165, 1.54) is 4.90 Å². The highest BCUT2D eigenvalue weighted by Gasteiger charge is 2.44. The molecule has 1 aliphatic heterocycles. The number of ether oxygens (including phenoxy) is 2. The first-order chi connectivity index (χ1) is 18.4. The van der Waals surface area contributed by atoms with Gasteiger partial charge >= 0.3 is 0 Å². The van der Waals surface area contributed by atoms with Gasteiger partial charge in [0, 0.05) is 10.7 Å². The van der Waals surface area contributed by atoms with Crippen molar-refractivity contribution in [2.24, 2.45) is 0 Å². The van der Waals surface area contributed by atoms with Crippen molar-refractivity contribution < 1.29 is 18.7 Å². The van der Waals surface area contributed by atoms with Crippen LogP contribution in [0.3, 0.4) is 0 Å². The van der Waals surface area contributed by atoms with Gasteiger partial charge < -0.3 is 13.9 Å². The number of amides is 1. The Balaban J connectivity index is 1.68. The summed E-state index contributed by atoms with van der Waals surface area (Å²) in [6.45, 7) is 7.01. The molecule has 0 aliphatic carbocycles. The van der Waals surface area contributed by atoms with Crippen LogP contribution in [-0.4, -0.2) is 24.1 Å². The van der Waals surface area contributed by atoms with Crippen molar-refractivity contribution in [2.45, 2.75) is 46.1 Å². The number of aryl methyl sites for hydroxylation is 1. The number of hydrogen-bond acceptors (Lipinski definition) is 6. The Morgan fingerprint density at radius 3 is 2.58 bits per heavy atom. The summed E-state index contributed by atoms with van der Waals surface area (Å²) in [7, 11) is 0. The average Bonchev–Trinajstić information content (AvgIpc) is 3.20. The summed E-state index contributed by atoms with van der Waals surface area (Å²) in [5.41, 5.74) is 2.04. The largest absolute Gasteiger partial charge is 0.490 e. The smallest absolute Gasteiger partial charge is 0.296 e. The quantitative estimate of drug-likeness (QED) is 0.200. The summed E-state index contributed by atoms with van der Waals surface area (Å²) in [6.07, 6.45) is 4.84. The lowest BCUT2D eigenvalue weighted by Crippen LogP contribution is -2.30. The number of fused-ring (bicyclic) bond motifs is 2. The topological polar surface area (TPSA) is 81.9 Å². The Morgan fingerprint density at radius 2 is 1.84 bits per heavy atom. The predicted molar refractivity (Wildman–Crippen MR) is 150 cm³/mol. The Bertz CT molecular complexity index is 1550. The van der Waals surface area contributed by atoms with Crippen LogP contribution in [0.1, 0.15) is 66.4 Å². The fraction of sp³-hybridized carbons (Fsp3) is 0.300. The van der Waals surface area contributed by atoms with Gasteiger partial charge in [-0.25, -0.2) is 4.98 Å². The van der Waals surface area contributed by atoms with E-state index in [-0.39, 0.29) is 16.8 Å². The molecule has 5 rings (SSSR count). The minimum absolute atomic E-state index is 0.0232. The van der Waals surface area contributed by atoms with Crippen LogP contribution in [0.5, 0.6) is 11.5 Å². The molecule has 3 heterocycles. The van der Waals surface area contributed by atoms with Crippen molar-refractivity contribution in [1.29, 1.82) is 0 Å². The van der Waals surface area contributed by atoms with E-state index in [0.717, 1.165) is 29.3 Å². The number of carbonyl (C=O) groups excluding carboxylic acids is 1. The molecule has 0 radical (unpaired) electrons. The zero-order chi connectivity index (χ0) is 26.8. The van der Waals surface area contributed by atoms with E-state index in [1.54, 1.807) is 30.5 Å². The van der Waals surface area contributed by atoms with Crippen molar-refractivity contribution in [1.82, 2.24) is 4.98 Å². The average molecular weight is 577 g/mol. The molecule has 0 N–H and O–H groups in total. The van der Waals surface area contributed by atoms with Crippen LogP contribution < -0.4 is 19.8 Å². The van der Waals surface area contributed by atoms with Crippen molar-refractivity contribution in [3.8, 4) is 11.5 Å². The van der Waals surface area contributed by atoms with Gasteiger partial charge in [0.15, 0.2) is 16.9 Å². The molecule has 196 valence electrons. The van der Waals surface area contributed by atoms with Gasteiger partial charge in [-0.2, -0.15) is 0 Å². The number of anilines is 1. The molecular formula is C30H29BrN2O5. The molecule has 1 atom stereocenters. The Kier molecular flexibility index (Phi) is 7.51. The summed E-state index contributed by atoms with van der Waals surface area (Å²) < 4.78 is 18.8. The molecule has 2 aromatic carbocycles. The van der Waals surface area contributed by atoms with E-state index in [4.69, 9.17) is 13.9 Å². The summed E-state index contributed by atoms with van der Waals surface area (Å²) >= 11 is 3.44. The van der Waals surface area contributed by atoms with Crippen LogP contribution in [0.2, 0.25) is 0 Å². The second-order valence-electron chi connectivity index (χ2n) is 9.28. The van der Waals surface area contributed by atoms with Crippen LogP contribution >= 0.6 is 15.9 Å². The third kappa shape index (κ3) is 4.80. The van der Waals surface area contributed by atoms with Gasteiger partial charge in [0.2, 0.25) is 5.76 Å². The third-order valence-electron chi connectivity index (χ3n) is 6.56. The van der Waals surface area contributed by atoms with Crippen LogP contribution in [0, 0.1) is 6.92 Å². The molecule has 0 saturated carbocycles. The molecule has 0 bridgehead atoms. The van der Waals surface area contributed by atoms with Gasteiger partial charge in [-0.3, -0.25) is 14.5 Å². The lowest BCUT2D eigenvalue weighted by molar-refractivity contribution is 0.0970. The third-order valence-corrected chi connectivity index (χ3v) is 7.06. The highest BCUT2D eigenvalue weighted by Crippen LogP contribution is 2.43. The summed E-state index contributed by atoms with van der Waals surface area (Å²) in [4.78, 5) is 33.7. The van der Waals surface area contributed by atoms with E-state index in [9.17, 15) is 9.59 Å². The predicted octanol–water partition coefficient (Wildman–Crippen LogP) is 6.98. The Hall–Kier alpha value is -3.65. The molecule has 1 aliphatic rings. The van der Waals surface area contributed by atoms with Crippen LogP contribution in [-0.2, 0) is 0 Å². The SMILES string of the molecule is CCCCCOc1ccc(C2c3c(oc4ccc(Br)cc4c3=O)C(=O)N2c2ccc(C)cn2)cc1OCC. The highest BCUT2D eigenvalue weighted by atomic mass is 79.9. The maximum absolute atomic E-state index is 13.9. The molecule has 1 unspecified atom stereocenters. The molecule has 0 fully saturated rings. The molecule has 0 spiro atoms. The second-order valence-corrected chi connectivity index (χ2v) is 10.2. The molecule has 4 aromatic rings. The summed E-state index contributed by atoms with van der Waals surface area (Å²) in [5.74, 6) is 1.23. The first-order valence-electron chi connectivity index (χ1n) is 12.8. The van der Waals surface area contributed by atoms with Gasteiger partial charge in [0.05, 0.1) is 30.2 Å². The molecular weight excluding hydrogens is 548 g/mol. The van der Waals surface area contributed by atoms with Gasteiger partial charge in [0.25, 0.3) is 5.91 Å². The first-order valence-corrected chi connectivity index (χ1v) is 13.6. The van der Waals surface area contributed by atoms with Gasteiger partial charge in [-0.1, -0.05) is 47.8 Å². The summed E-state index contributed by atoms with van der Waals surface area (Å²) in [6, 6.07) is 13.7. The fourth-order valence-corrected chi connectivity index (χ4v) is 5.08. The fourth-order valence-electron chi connectivity index (χ4n) is 4.72. The molecule has 7 nitrogen and oxygen atoms in total. The van der Waals surface area contributed by atoms with Crippen molar-refractivity contribution in [3.63, 3.8) is 0 Å². The zero-order valence-corrected chi connectivity index (χ0v) is 23.2. The maximum atomic E-state index is 13.9. The Morgan fingerprint density at radius 1 is 1.00 bits per heavy atom. The number of hydrogen-bond donors (Lipinski definition) is 0. The number of halogens is 1.